The molecule has 0 spiro atoms. The number of anilines is 1. The number of alkyl halides is 2. The van der Waals surface area contributed by atoms with Gasteiger partial charge in [0.15, 0.2) is 0 Å². The molecular weight excluding hydrogens is 409 g/mol. The van der Waals surface area contributed by atoms with Crippen LogP contribution in [0.2, 0.25) is 0 Å². The minimum absolute atomic E-state index is 0.0110. The second-order valence-corrected chi connectivity index (χ2v) is 7.44. The Bertz CT molecular complexity index is 1110. The van der Waals surface area contributed by atoms with Crippen LogP contribution in [0, 0.1) is 12.4 Å². The summed E-state index contributed by atoms with van der Waals surface area (Å²) in [5, 5.41) is 11.7. The number of imidazole rings is 1. The van der Waals surface area contributed by atoms with Crippen LogP contribution in [0.1, 0.15) is 12.1 Å². The summed E-state index contributed by atoms with van der Waals surface area (Å²) < 4.78 is 44.5. The van der Waals surface area contributed by atoms with Gasteiger partial charge in [0, 0.05) is 32.3 Å². The maximum Gasteiger partial charge on any atom is 0.266 e. The Morgan fingerprint density at radius 3 is 2.84 bits per heavy atom. The van der Waals surface area contributed by atoms with Gasteiger partial charge < -0.3 is 19.9 Å². The van der Waals surface area contributed by atoms with E-state index in [2.05, 4.69) is 20.1 Å². The Kier molecular flexibility index (Phi) is 5.80. The smallest absolute Gasteiger partial charge is 0.266 e. The number of halogens is 3. The Balaban J connectivity index is 1.71. The van der Waals surface area contributed by atoms with Crippen molar-refractivity contribution in [3.8, 4) is 0 Å². The molecule has 0 aliphatic carbocycles. The number of fused-ring (bicyclic) bond motifs is 1. The van der Waals surface area contributed by atoms with Gasteiger partial charge in [-0.15, -0.1) is 0 Å². The van der Waals surface area contributed by atoms with Gasteiger partial charge in [-0.3, -0.25) is 4.98 Å². The summed E-state index contributed by atoms with van der Waals surface area (Å²) in [6.07, 6.45) is 1.09. The predicted octanol–water partition coefficient (Wildman–Crippen LogP) is 2.97. The molecule has 1 fully saturated rings. The zero-order valence-electron chi connectivity index (χ0n) is 16.6. The van der Waals surface area contributed by atoms with E-state index in [0.717, 1.165) is 0 Å². The molecule has 1 aliphatic rings. The lowest BCUT2D eigenvalue weighted by Gasteiger charge is -2.39. The van der Waals surface area contributed by atoms with Crippen molar-refractivity contribution in [3.63, 3.8) is 0 Å². The summed E-state index contributed by atoms with van der Waals surface area (Å²) in [6, 6.07) is 6.43. The third-order valence-electron chi connectivity index (χ3n) is 5.36. The highest BCUT2D eigenvalue weighted by Crippen LogP contribution is 2.33. The third-order valence-corrected chi connectivity index (χ3v) is 5.36. The van der Waals surface area contributed by atoms with Gasteiger partial charge in [-0.2, -0.15) is 0 Å². The van der Waals surface area contributed by atoms with Gasteiger partial charge in [-0.05, 0) is 24.3 Å². The number of aliphatic hydroxyl groups excluding tert-OH is 1. The predicted molar refractivity (Wildman–Crippen MR) is 110 cm³/mol. The van der Waals surface area contributed by atoms with Crippen LogP contribution in [0.15, 0.2) is 36.5 Å². The van der Waals surface area contributed by atoms with Gasteiger partial charge in [0.2, 0.25) is 11.6 Å². The van der Waals surface area contributed by atoms with Gasteiger partial charge in [0.25, 0.3) is 5.92 Å². The fourth-order valence-corrected chi connectivity index (χ4v) is 3.76. The number of nitrogens with zero attached hydrogens (tertiary/aromatic N) is 5. The molecule has 1 aliphatic heterocycles. The van der Waals surface area contributed by atoms with Crippen LogP contribution >= 0.6 is 0 Å². The van der Waals surface area contributed by atoms with E-state index in [1.54, 1.807) is 27.7 Å². The van der Waals surface area contributed by atoms with Crippen LogP contribution < -0.4 is 10.2 Å². The topological polar surface area (TPSA) is 70.6 Å². The number of nitrogens with one attached hydrogen (secondary N) is 1. The highest BCUT2D eigenvalue weighted by Gasteiger charge is 2.44. The molecule has 1 saturated heterocycles. The van der Waals surface area contributed by atoms with Crippen molar-refractivity contribution in [2.75, 3.05) is 31.1 Å². The first-order valence-electron chi connectivity index (χ1n) is 9.86. The molecule has 1 atom stereocenters. The van der Waals surface area contributed by atoms with Crippen LogP contribution in [-0.2, 0) is 6.54 Å². The Hall–Kier alpha value is -3.16. The fourth-order valence-electron chi connectivity index (χ4n) is 3.76. The monoisotopic (exact) mass is 430 g/mol. The summed E-state index contributed by atoms with van der Waals surface area (Å²) in [6.45, 7) is 7.19. The molecule has 2 N–H and O–H groups in total. The van der Waals surface area contributed by atoms with Gasteiger partial charge in [-0.25, -0.2) is 23.0 Å². The summed E-state index contributed by atoms with van der Waals surface area (Å²) in [7, 11) is 0. The number of piperidine rings is 1. The van der Waals surface area contributed by atoms with Crippen molar-refractivity contribution in [1.82, 2.24) is 19.9 Å². The number of aliphatic hydroxyl groups is 1. The number of pyridine rings is 1. The molecule has 0 amide bonds. The first-order valence-corrected chi connectivity index (χ1v) is 9.86. The summed E-state index contributed by atoms with van der Waals surface area (Å²) in [5.74, 6) is -2.89. The Morgan fingerprint density at radius 1 is 1.29 bits per heavy atom. The minimum Gasteiger partial charge on any atom is -0.395 e. The van der Waals surface area contributed by atoms with E-state index in [1.165, 1.54) is 18.3 Å². The number of aromatic nitrogens is 3. The van der Waals surface area contributed by atoms with E-state index in [9.17, 15) is 13.2 Å². The molecule has 0 bridgehead atoms. The standard InChI is InChI=1S/C21H21F3N6O/c1-25-15-3-4-16(27-11-15)12-30-18-10-14(22)2-5-17(18)28-20(30)29-8-6-21(23,24)19(13-29)26-7-9-31/h2-5,10-11,19,26,31H,6-9,12-13H2/t19-/m1/s1. The van der Waals surface area contributed by atoms with Crippen LogP contribution in [0.5, 0.6) is 0 Å². The van der Waals surface area contributed by atoms with Crippen LogP contribution in [0.25, 0.3) is 15.9 Å². The number of rotatable bonds is 6. The molecule has 0 unspecified atom stereocenters. The van der Waals surface area contributed by atoms with E-state index < -0.39 is 17.8 Å². The van der Waals surface area contributed by atoms with E-state index in [-0.39, 0.29) is 39.2 Å². The van der Waals surface area contributed by atoms with E-state index in [4.69, 9.17) is 11.7 Å². The average molecular weight is 430 g/mol. The van der Waals surface area contributed by atoms with Crippen LogP contribution in [0.4, 0.5) is 24.8 Å². The van der Waals surface area contributed by atoms with E-state index >= 15 is 0 Å². The van der Waals surface area contributed by atoms with Crippen molar-refractivity contribution in [3.05, 3.63) is 59.5 Å². The summed E-state index contributed by atoms with van der Waals surface area (Å²) >= 11 is 0. The summed E-state index contributed by atoms with van der Waals surface area (Å²) in [4.78, 5) is 13.9. The molecular formula is C21H21F3N6O. The second kappa shape index (κ2) is 8.53. The number of benzene rings is 1. The molecule has 7 nitrogen and oxygen atoms in total. The zero-order chi connectivity index (χ0) is 22.0. The lowest BCUT2D eigenvalue weighted by atomic mass is 10.0. The van der Waals surface area contributed by atoms with Crippen molar-refractivity contribution in [2.24, 2.45) is 0 Å². The van der Waals surface area contributed by atoms with Gasteiger partial charge >= 0.3 is 0 Å². The highest BCUT2D eigenvalue weighted by atomic mass is 19.3. The highest BCUT2D eigenvalue weighted by molar-refractivity contribution is 5.79. The molecule has 2 aromatic heterocycles. The lowest BCUT2D eigenvalue weighted by Crippen LogP contribution is -2.58. The SMILES string of the molecule is [C-]#[N+]c1ccc(Cn2c(N3CCC(F)(F)[C@H](NCCO)C3)nc3ccc(F)cc32)nc1. The third kappa shape index (κ3) is 4.33. The van der Waals surface area contributed by atoms with E-state index in [1.807, 2.05) is 0 Å². The zero-order valence-corrected chi connectivity index (χ0v) is 16.6. The van der Waals surface area contributed by atoms with Crippen molar-refractivity contribution in [1.29, 1.82) is 0 Å². The molecule has 10 heteroatoms. The summed E-state index contributed by atoms with van der Waals surface area (Å²) in [5.41, 5.74) is 2.12. The molecule has 31 heavy (non-hydrogen) atoms. The second-order valence-electron chi connectivity index (χ2n) is 7.44. The maximum atomic E-state index is 14.4. The molecule has 0 radical (unpaired) electrons. The van der Waals surface area contributed by atoms with Crippen LogP contribution in [-0.4, -0.2) is 57.8 Å². The molecule has 4 rings (SSSR count). The first-order chi connectivity index (χ1) is 14.9. The van der Waals surface area contributed by atoms with Gasteiger partial charge in [-0.1, -0.05) is 6.07 Å². The van der Waals surface area contributed by atoms with Crippen molar-refractivity contribution in [2.45, 2.75) is 24.9 Å². The Labute approximate surface area is 177 Å². The Morgan fingerprint density at radius 2 is 2.13 bits per heavy atom. The molecule has 0 saturated carbocycles. The van der Waals surface area contributed by atoms with E-state index in [0.29, 0.717) is 28.4 Å². The van der Waals surface area contributed by atoms with Gasteiger partial charge in [0.1, 0.15) is 5.82 Å². The minimum atomic E-state index is -2.91. The normalized spacial score (nSPS) is 18.3. The lowest BCUT2D eigenvalue weighted by molar-refractivity contribution is -0.0520. The number of hydrogen-bond acceptors (Lipinski definition) is 5. The van der Waals surface area contributed by atoms with Crippen molar-refractivity contribution >= 4 is 22.7 Å². The molecule has 162 valence electrons. The van der Waals surface area contributed by atoms with Crippen LogP contribution in [0.3, 0.4) is 0 Å². The average Bonchev–Trinajstić information content (AvgIpc) is 3.11. The largest absolute Gasteiger partial charge is 0.395 e. The first kappa shape index (κ1) is 21.1. The van der Waals surface area contributed by atoms with Gasteiger partial charge in [0.05, 0.1) is 42.5 Å². The molecule has 3 heterocycles. The number of hydrogen-bond donors (Lipinski definition) is 2. The molecule has 3 aromatic rings. The quantitative estimate of drug-likeness (QED) is 0.589. The van der Waals surface area contributed by atoms with Crippen molar-refractivity contribution < 1.29 is 18.3 Å². The fraction of sp³-hybridized carbons (Fsp3) is 0.381. The maximum absolute atomic E-state index is 14.4. The molecule has 1 aromatic carbocycles.